The molecule has 2 atom stereocenters. The van der Waals surface area contributed by atoms with Crippen LogP contribution in [0.25, 0.3) is 0 Å². The Balaban J connectivity index is 1.71. The summed E-state index contributed by atoms with van der Waals surface area (Å²) >= 11 is 0. The third kappa shape index (κ3) is 3.50. The Hall–Kier alpha value is -1.37. The van der Waals surface area contributed by atoms with E-state index in [1.165, 1.54) is 0 Å². The number of nitrogens with zero attached hydrogens (tertiary/aromatic N) is 2. The highest BCUT2D eigenvalue weighted by molar-refractivity contribution is 5.95. The van der Waals surface area contributed by atoms with Crippen molar-refractivity contribution in [1.29, 1.82) is 0 Å². The molecule has 0 saturated carbocycles. The topological polar surface area (TPSA) is 55.2 Å². The zero-order chi connectivity index (χ0) is 17.1. The van der Waals surface area contributed by atoms with E-state index in [4.69, 9.17) is 13.9 Å². The molecule has 0 spiro atoms. The van der Waals surface area contributed by atoms with Gasteiger partial charge in [-0.3, -0.25) is 9.69 Å². The van der Waals surface area contributed by atoms with Gasteiger partial charge in [-0.25, -0.2) is 0 Å². The third-order valence-electron chi connectivity index (χ3n) is 5.22. The summed E-state index contributed by atoms with van der Waals surface area (Å²) in [4.78, 5) is 17.4. The van der Waals surface area contributed by atoms with E-state index in [1.54, 1.807) is 7.11 Å². The fourth-order valence-corrected chi connectivity index (χ4v) is 3.88. The first-order valence-corrected chi connectivity index (χ1v) is 8.83. The summed E-state index contributed by atoms with van der Waals surface area (Å²) in [5.41, 5.74) is 0.666. The lowest BCUT2D eigenvalue weighted by Crippen LogP contribution is -2.47. The smallest absolute Gasteiger partial charge is 0.257 e. The second kappa shape index (κ2) is 7.68. The second-order valence-corrected chi connectivity index (χ2v) is 6.71. The first kappa shape index (κ1) is 17.5. The lowest BCUT2D eigenvalue weighted by Gasteiger charge is -2.34. The van der Waals surface area contributed by atoms with E-state index in [0.717, 1.165) is 45.8 Å². The van der Waals surface area contributed by atoms with Crippen molar-refractivity contribution in [1.82, 2.24) is 9.80 Å². The molecule has 134 valence electrons. The number of carbonyl (C=O) groups excluding carboxylic acids is 1. The zero-order valence-corrected chi connectivity index (χ0v) is 14.9. The van der Waals surface area contributed by atoms with Gasteiger partial charge in [0.05, 0.1) is 18.8 Å². The van der Waals surface area contributed by atoms with Gasteiger partial charge in [0.25, 0.3) is 5.91 Å². The van der Waals surface area contributed by atoms with Crippen LogP contribution in [0.1, 0.15) is 35.2 Å². The van der Waals surface area contributed by atoms with Gasteiger partial charge in [0.1, 0.15) is 18.1 Å². The van der Waals surface area contributed by atoms with E-state index < -0.39 is 0 Å². The molecule has 24 heavy (non-hydrogen) atoms. The van der Waals surface area contributed by atoms with Gasteiger partial charge < -0.3 is 18.8 Å². The minimum absolute atomic E-state index is 0.0767. The molecule has 0 bridgehead atoms. The van der Waals surface area contributed by atoms with Crippen molar-refractivity contribution in [3.8, 4) is 0 Å². The predicted molar refractivity (Wildman–Crippen MR) is 90.0 cm³/mol. The summed E-state index contributed by atoms with van der Waals surface area (Å²) in [6.07, 6.45) is 1.09. The number of ether oxygens (including phenoxy) is 2. The molecule has 3 rings (SSSR count). The summed E-state index contributed by atoms with van der Waals surface area (Å²) in [7, 11) is 1.62. The van der Waals surface area contributed by atoms with E-state index >= 15 is 0 Å². The molecule has 2 aliphatic rings. The normalized spacial score (nSPS) is 25.4. The molecule has 0 aromatic carbocycles. The van der Waals surface area contributed by atoms with Crippen LogP contribution >= 0.6 is 0 Å². The molecule has 1 aromatic heterocycles. The van der Waals surface area contributed by atoms with Crippen LogP contribution in [0, 0.1) is 12.8 Å². The van der Waals surface area contributed by atoms with Crippen LogP contribution in [-0.2, 0) is 16.1 Å². The molecule has 0 aliphatic carbocycles. The molecule has 6 heteroatoms. The zero-order valence-electron chi connectivity index (χ0n) is 14.9. The Bertz CT molecular complexity index is 565. The number of hydrogen-bond acceptors (Lipinski definition) is 5. The standard InChI is InChI=1S/C18H28N2O4/c1-4-14-10-20(11-17(14)19-5-7-23-8-6-19)18(21)16-9-15(12-22-3)24-13(16)2/h9,14,17H,4-8,10-12H2,1-3H3/t14-,17-/m0/s1. The van der Waals surface area contributed by atoms with Crippen molar-refractivity contribution in [2.45, 2.75) is 32.9 Å². The molecule has 2 aliphatic heterocycles. The van der Waals surface area contributed by atoms with Crippen molar-refractivity contribution >= 4 is 5.91 Å². The monoisotopic (exact) mass is 336 g/mol. The quantitative estimate of drug-likeness (QED) is 0.822. The lowest BCUT2D eigenvalue weighted by molar-refractivity contribution is 0.0103. The maximum absolute atomic E-state index is 13.0. The van der Waals surface area contributed by atoms with Crippen molar-refractivity contribution < 1.29 is 18.7 Å². The van der Waals surface area contributed by atoms with Crippen molar-refractivity contribution in [3.63, 3.8) is 0 Å². The number of furan rings is 1. The molecule has 2 saturated heterocycles. The molecule has 1 amide bonds. The van der Waals surface area contributed by atoms with Crippen LogP contribution in [-0.4, -0.2) is 68.3 Å². The summed E-state index contributed by atoms with van der Waals surface area (Å²) in [5, 5.41) is 0. The van der Waals surface area contributed by atoms with Crippen LogP contribution in [0.5, 0.6) is 0 Å². The maximum Gasteiger partial charge on any atom is 0.257 e. The molecule has 1 aromatic rings. The molecular formula is C18H28N2O4. The Morgan fingerprint density at radius 2 is 2.08 bits per heavy atom. The third-order valence-corrected chi connectivity index (χ3v) is 5.22. The summed E-state index contributed by atoms with van der Waals surface area (Å²) in [6, 6.07) is 2.26. The molecule has 6 nitrogen and oxygen atoms in total. The number of morpholine rings is 1. The number of carbonyl (C=O) groups is 1. The van der Waals surface area contributed by atoms with Crippen molar-refractivity contribution in [2.24, 2.45) is 5.92 Å². The lowest BCUT2D eigenvalue weighted by atomic mass is 9.99. The number of amides is 1. The Morgan fingerprint density at radius 1 is 1.33 bits per heavy atom. The second-order valence-electron chi connectivity index (χ2n) is 6.71. The minimum atomic E-state index is 0.0767. The number of methoxy groups -OCH3 is 1. The first-order chi connectivity index (χ1) is 11.6. The predicted octanol–water partition coefficient (Wildman–Crippen LogP) is 1.92. The molecule has 0 N–H and O–H groups in total. The Labute approximate surface area is 143 Å². The van der Waals surface area contributed by atoms with Crippen molar-refractivity contribution in [2.75, 3.05) is 46.5 Å². The fourth-order valence-electron chi connectivity index (χ4n) is 3.88. The SMILES string of the molecule is CC[C@H]1CN(C(=O)c2cc(COC)oc2C)C[C@@H]1N1CCOCC1. The van der Waals surface area contributed by atoms with Crippen LogP contribution in [0.3, 0.4) is 0 Å². The molecule has 0 radical (unpaired) electrons. The van der Waals surface area contributed by atoms with E-state index in [1.807, 2.05) is 17.9 Å². The average molecular weight is 336 g/mol. The highest BCUT2D eigenvalue weighted by atomic mass is 16.5. The molecule has 0 unspecified atom stereocenters. The largest absolute Gasteiger partial charge is 0.463 e. The highest BCUT2D eigenvalue weighted by Crippen LogP contribution is 2.28. The Morgan fingerprint density at radius 3 is 2.75 bits per heavy atom. The van der Waals surface area contributed by atoms with Gasteiger partial charge in [-0.15, -0.1) is 0 Å². The van der Waals surface area contributed by atoms with Gasteiger partial charge in [0.2, 0.25) is 0 Å². The average Bonchev–Trinajstić information content (AvgIpc) is 3.19. The van der Waals surface area contributed by atoms with Crippen molar-refractivity contribution in [3.05, 3.63) is 23.2 Å². The number of rotatable bonds is 5. The van der Waals surface area contributed by atoms with Gasteiger partial charge >= 0.3 is 0 Å². The summed E-state index contributed by atoms with van der Waals surface area (Å²) in [6.45, 7) is 9.58. The van der Waals surface area contributed by atoms with Crippen LogP contribution in [0.2, 0.25) is 0 Å². The fraction of sp³-hybridized carbons (Fsp3) is 0.722. The van der Waals surface area contributed by atoms with E-state index in [9.17, 15) is 4.79 Å². The van der Waals surface area contributed by atoms with Gasteiger partial charge in [0, 0.05) is 39.3 Å². The number of likely N-dealkylation sites (tertiary alicyclic amines) is 1. The van der Waals surface area contributed by atoms with E-state index in [-0.39, 0.29) is 5.91 Å². The van der Waals surface area contributed by atoms with Gasteiger partial charge in [-0.05, 0) is 18.9 Å². The number of aryl methyl sites for hydroxylation is 1. The molecular weight excluding hydrogens is 308 g/mol. The Kier molecular flexibility index (Phi) is 5.58. The summed E-state index contributed by atoms with van der Waals surface area (Å²) in [5.74, 6) is 1.98. The maximum atomic E-state index is 13.0. The number of hydrogen-bond donors (Lipinski definition) is 0. The highest BCUT2D eigenvalue weighted by Gasteiger charge is 2.38. The van der Waals surface area contributed by atoms with E-state index in [0.29, 0.717) is 35.7 Å². The van der Waals surface area contributed by atoms with Crippen LogP contribution in [0.4, 0.5) is 0 Å². The first-order valence-electron chi connectivity index (χ1n) is 8.83. The van der Waals surface area contributed by atoms with Gasteiger partial charge in [-0.2, -0.15) is 0 Å². The van der Waals surface area contributed by atoms with Gasteiger partial charge in [-0.1, -0.05) is 13.3 Å². The molecule has 3 heterocycles. The van der Waals surface area contributed by atoms with E-state index in [2.05, 4.69) is 11.8 Å². The minimum Gasteiger partial charge on any atom is -0.463 e. The van der Waals surface area contributed by atoms with Crippen LogP contribution in [0.15, 0.2) is 10.5 Å². The molecule has 2 fully saturated rings. The van der Waals surface area contributed by atoms with Gasteiger partial charge in [0.15, 0.2) is 0 Å². The van der Waals surface area contributed by atoms with Crippen LogP contribution < -0.4 is 0 Å². The summed E-state index contributed by atoms with van der Waals surface area (Å²) < 4.78 is 16.2.